The molecule has 0 bridgehead atoms. The monoisotopic (exact) mass is 325 g/mol. The fourth-order valence-electron chi connectivity index (χ4n) is 2.90. The van der Waals surface area contributed by atoms with E-state index in [1.165, 1.54) is 11.3 Å². The molecule has 3 rings (SSSR count). The lowest BCUT2D eigenvalue weighted by molar-refractivity contribution is -0.117. The highest BCUT2D eigenvalue weighted by molar-refractivity contribution is 7.12. The van der Waals surface area contributed by atoms with Crippen LogP contribution in [0.25, 0.3) is 16.9 Å². The van der Waals surface area contributed by atoms with Crippen molar-refractivity contribution in [2.75, 3.05) is 0 Å². The van der Waals surface area contributed by atoms with Gasteiger partial charge in [-0.3, -0.25) is 4.79 Å². The van der Waals surface area contributed by atoms with Gasteiger partial charge in [-0.1, -0.05) is 18.2 Å². The van der Waals surface area contributed by atoms with Gasteiger partial charge in [0.1, 0.15) is 5.01 Å². The van der Waals surface area contributed by atoms with Crippen LogP contribution in [0.3, 0.4) is 0 Å². The fraction of sp³-hybridized carbons (Fsp3) is 0.222. The summed E-state index contributed by atoms with van der Waals surface area (Å²) < 4.78 is 2.22. The highest BCUT2D eigenvalue weighted by Crippen LogP contribution is 2.33. The molecule has 1 aromatic carbocycles. The molecule has 0 saturated heterocycles. The van der Waals surface area contributed by atoms with Crippen molar-refractivity contribution in [2.24, 2.45) is 5.73 Å². The number of aryl methyl sites for hydroxylation is 2. The molecule has 0 radical (unpaired) electrons. The van der Waals surface area contributed by atoms with Crippen LogP contribution in [0.4, 0.5) is 0 Å². The molecular weight excluding hydrogens is 306 g/mol. The lowest BCUT2D eigenvalue weighted by Gasteiger charge is -2.09. The van der Waals surface area contributed by atoms with Crippen LogP contribution in [-0.4, -0.2) is 15.5 Å². The van der Waals surface area contributed by atoms with Crippen LogP contribution >= 0.6 is 11.3 Å². The minimum atomic E-state index is -0.347. The Morgan fingerprint density at radius 2 is 1.91 bits per heavy atom. The Labute approximate surface area is 139 Å². The largest absolute Gasteiger partial charge is 0.369 e. The minimum Gasteiger partial charge on any atom is -0.369 e. The summed E-state index contributed by atoms with van der Waals surface area (Å²) >= 11 is 1.54. The van der Waals surface area contributed by atoms with Crippen LogP contribution in [-0.2, 0) is 11.2 Å². The van der Waals surface area contributed by atoms with Gasteiger partial charge in [0.05, 0.1) is 12.1 Å². The molecule has 0 aliphatic carbocycles. The van der Waals surface area contributed by atoms with E-state index in [4.69, 9.17) is 5.73 Å². The zero-order valence-corrected chi connectivity index (χ0v) is 14.3. The average molecular weight is 325 g/mol. The predicted octanol–water partition coefficient (Wildman–Crippen LogP) is 3.55. The molecule has 3 aromatic rings. The van der Waals surface area contributed by atoms with E-state index in [0.717, 1.165) is 38.2 Å². The summed E-state index contributed by atoms with van der Waals surface area (Å²) in [5.41, 5.74) is 10.8. The number of hydrogen-bond donors (Lipinski definition) is 1. The zero-order chi connectivity index (χ0) is 16.6. The molecule has 2 N–H and O–H groups in total. The Balaban J connectivity index is 2.09. The molecule has 23 heavy (non-hydrogen) atoms. The first kappa shape index (κ1) is 15.5. The third-order valence-electron chi connectivity index (χ3n) is 3.87. The van der Waals surface area contributed by atoms with Gasteiger partial charge in [0.15, 0.2) is 0 Å². The van der Waals surface area contributed by atoms with Crippen molar-refractivity contribution >= 4 is 17.2 Å². The highest BCUT2D eigenvalue weighted by atomic mass is 32.1. The lowest BCUT2D eigenvalue weighted by atomic mass is 10.1. The van der Waals surface area contributed by atoms with Gasteiger partial charge in [0.25, 0.3) is 0 Å². The first-order chi connectivity index (χ1) is 11.0. The Morgan fingerprint density at radius 1 is 1.22 bits per heavy atom. The van der Waals surface area contributed by atoms with E-state index in [0.29, 0.717) is 0 Å². The summed E-state index contributed by atoms with van der Waals surface area (Å²) in [6.07, 6.45) is 0.197. The molecule has 118 valence electrons. The maximum absolute atomic E-state index is 11.1. The molecule has 0 unspecified atom stereocenters. The number of nitrogens with two attached hydrogens (primary N) is 1. The minimum absolute atomic E-state index is 0.197. The topological polar surface area (TPSA) is 60.9 Å². The van der Waals surface area contributed by atoms with Gasteiger partial charge < -0.3 is 10.3 Å². The summed E-state index contributed by atoms with van der Waals surface area (Å²) in [5, 5.41) is 0.773. The molecular formula is C18H19N3OS. The molecule has 2 heterocycles. The summed E-state index contributed by atoms with van der Waals surface area (Å²) in [7, 11) is 0. The Morgan fingerprint density at radius 3 is 2.57 bits per heavy atom. The van der Waals surface area contributed by atoms with E-state index in [1.54, 1.807) is 0 Å². The number of rotatable bonds is 4. The lowest BCUT2D eigenvalue weighted by Crippen LogP contribution is -2.13. The molecule has 2 aromatic heterocycles. The summed E-state index contributed by atoms with van der Waals surface area (Å²) in [4.78, 5) is 16.9. The molecule has 0 spiro atoms. The van der Waals surface area contributed by atoms with Gasteiger partial charge >= 0.3 is 0 Å². The van der Waals surface area contributed by atoms with E-state index in [9.17, 15) is 4.79 Å². The summed E-state index contributed by atoms with van der Waals surface area (Å²) in [5.74, 6) is -0.347. The number of para-hydroxylation sites is 1. The molecule has 4 nitrogen and oxygen atoms in total. The van der Waals surface area contributed by atoms with Gasteiger partial charge in [-0.05, 0) is 39.0 Å². The van der Waals surface area contributed by atoms with Gasteiger partial charge in [-0.2, -0.15) is 0 Å². The zero-order valence-electron chi connectivity index (χ0n) is 13.5. The molecule has 0 atom stereocenters. The maximum atomic E-state index is 11.1. The Kier molecular flexibility index (Phi) is 4.05. The molecule has 0 fully saturated rings. The van der Waals surface area contributed by atoms with Crippen molar-refractivity contribution < 1.29 is 4.79 Å². The van der Waals surface area contributed by atoms with Gasteiger partial charge in [0, 0.05) is 27.5 Å². The van der Waals surface area contributed by atoms with Crippen molar-refractivity contribution in [1.29, 1.82) is 0 Å². The second kappa shape index (κ2) is 6.01. The second-order valence-corrected chi connectivity index (χ2v) is 6.90. The average Bonchev–Trinajstić information content (AvgIpc) is 2.99. The SMILES string of the molecule is Cc1sc(CC(N)=O)nc1-c1cc(C)n(-c2ccccc2)c1C. The number of amides is 1. The number of benzene rings is 1. The van der Waals surface area contributed by atoms with Crippen LogP contribution in [0, 0.1) is 20.8 Å². The number of thiazole rings is 1. The third kappa shape index (κ3) is 2.92. The Bertz CT molecular complexity index is 862. The molecule has 0 aliphatic rings. The summed E-state index contributed by atoms with van der Waals surface area (Å²) in [6.45, 7) is 6.23. The van der Waals surface area contributed by atoms with Crippen LogP contribution in [0.1, 0.15) is 21.3 Å². The highest BCUT2D eigenvalue weighted by Gasteiger charge is 2.17. The number of nitrogens with zero attached hydrogens (tertiary/aromatic N) is 2. The quantitative estimate of drug-likeness (QED) is 0.797. The Hall–Kier alpha value is -2.40. The predicted molar refractivity (Wildman–Crippen MR) is 94.0 cm³/mol. The van der Waals surface area contributed by atoms with Crippen LogP contribution in [0.2, 0.25) is 0 Å². The van der Waals surface area contributed by atoms with Crippen molar-refractivity contribution in [3.63, 3.8) is 0 Å². The van der Waals surface area contributed by atoms with Gasteiger partial charge in [-0.15, -0.1) is 11.3 Å². The number of primary amides is 1. The smallest absolute Gasteiger partial charge is 0.224 e. The van der Waals surface area contributed by atoms with Gasteiger partial charge in [-0.25, -0.2) is 4.98 Å². The number of hydrogen-bond acceptors (Lipinski definition) is 3. The number of aromatic nitrogens is 2. The van der Waals surface area contributed by atoms with Crippen LogP contribution in [0.5, 0.6) is 0 Å². The molecule has 5 heteroatoms. The fourth-order valence-corrected chi connectivity index (χ4v) is 3.86. The van der Waals surface area contributed by atoms with Crippen molar-refractivity contribution in [3.8, 4) is 16.9 Å². The third-order valence-corrected chi connectivity index (χ3v) is 4.84. The van der Waals surface area contributed by atoms with E-state index >= 15 is 0 Å². The van der Waals surface area contributed by atoms with Crippen molar-refractivity contribution in [3.05, 3.63) is 57.7 Å². The van der Waals surface area contributed by atoms with Crippen LogP contribution < -0.4 is 5.73 Å². The van der Waals surface area contributed by atoms with Crippen molar-refractivity contribution in [1.82, 2.24) is 9.55 Å². The standard InChI is InChI=1S/C18H19N3OS/c1-11-9-15(12(2)21(11)14-7-5-4-6-8-14)18-13(3)23-17(20-18)10-16(19)22/h4-9H,10H2,1-3H3,(H2,19,22). The van der Waals surface area contributed by atoms with E-state index in [2.05, 4.69) is 41.6 Å². The normalized spacial score (nSPS) is 10.9. The first-order valence-electron chi connectivity index (χ1n) is 7.46. The first-order valence-corrected chi connectivity index (χ1v) is 8.28. The van der Waals surface area contributed by atoms with Crippen molar-refractivity contribution in [2.45, 2.75) is 27.2 Å². The molecule has 0 saturated carbocycles. The van der Waals surface area contributed by atoms with E-state index < -0.39 is 0 Å². The molecule has 0 aliphatic heterocycles. The van der Waals surface area contributed by atoms with Crippen LogP contribution in [0.15, 0.2) is 36.4 Å². The number of carbonyl (C=O) groups excluding carboxylic acids is 1. The maximum Gasteiger partial charge on any atom is 0.224 e. The number of carbonyl (C=O) groups is 1. The second-order valence-electron chi connectivity index (χ2n) is 5.61. The van der Waals surface area contributed by atoms with E-state index in [-0.39, 0.29) is 12.3 Å². The molecule has 1 amide bonds. The van der Waals surface area contributed by atoms with E-state index in [1.807, 2.05) is 25.1 Å². The van der Waals surface area contributed by atoms with Gasteiger partial charge in [0.2, 0.25) is 5.91 Å². The summed E-state index contributed by atoms with van der Waals surface area (Å²) in [6, 6.07) is 12.4.